The zero-order valence-corrected chi connectivity index (χ0v) is 32.8. The molecule has 6 heterocycles. The van der Waals surface area contributed by atoms with Gasteiger partial charge >= 0.3 is 0 Å². The van der Waals surface area contributed by atoms with E-state index in [1.165, 1.54) is 0 Å². The Balaban J connectivity index is 0.709. The van der Waals surface area contributed by atoms with Crippen molar-refractivity contribution in [3.05, 3.63) is 81.8 Å². The number of hydrogen-bond donors (Lipinski definition) is 1. The fourth-order valence-electron chi connectivity index (χ4n) is 9.67. The van der Waals surface area contributed by atoms with Crippen LogP contribution in [0.3, 0.4) is 0 Å². The lowest BCUT2D eigenvalue weighted by atomic mass is 9.96. The molecular formula is C42H44ClN9O6. The van der Waals surface area contributed by atoms with Gasteiger partial charge in [-0.2, -0.15) is 0 Å². The smallest absolute Gasteiger partial charge is 0.274 e. The molecule has 5 fully saturated rings. The SMILES string of the molecule is [C-]#[N+]c1ccc(OC2C[C@@H]3CN(C(=O)c4ccc(N5CCC(CN6CCN(c7ccc8c(c7)C(=O)N(C7CCC(=O)NC7=O)C8=O)CC6)CC5)nn4)C[C@@H]3C2)cc1Cl. The highest BCUT2D eigenvalue weighted by atomic mass is 35.5. The van der Waals surface area contributed by atoms with Gasteiger partial charge in [-0.1, -0.05) is 17.7 Å². The lowest BCUT2D eigenvalue weighted by molar-refractivity contribution is -0.136. The molecular weight excluding hydrogens is 762 g/mol. The number of anilines is 2. The summed E-state index contributed by atoms with van der Waals surface area (Å²) in [6, 6.07) is 13.2. The molecule has 4 atom stereocenters. The highest BCUT2D eigenvalue weighted by Crippen LogP contribution is 2.41. The van der Waals surface area contributed by atoms with E-state index in [4.69, 9.17) is 22.9 Å². The Bertz CT molecular complexity index is 2180. The molecule has 1 aliphatic carbocycles. The molecule has 0 radical (unpaired) electrons. The van der Waals surface area contributed by atoms with Crippen molar-refractivity contribution in [2.45, 2.75) is 50.7 Å². The Hall–Kier alpha value is -5.59. The van der Waals surface area contributed by atoms with E-state index in [2.05, 4.69) is 35.1 Å². The van der Waals surface area contributed by atoms with E-state index in [1.807, 2.05) is 17.0 Å². The Morgan fingerprint density at radius 2 is 1.59 bits per heavy atom. The molecule has 2 aromatic carbocycles. The lowest BCUT2D eigenvalue weighted by Crippen LogP contribution is -2.54. The van der Waals surface area contributed by atoms with Gasteiger partial charge < -0.3 is 19.4 Å². The predicted molar refractivity (Wildman–Crippen MR) is 213 cm³/mol. The number of fused-ring (bicyclic) bond motifs is 2. The first-order chi connectivity index (χ1) is 28.1. The third-order valence-electron chi connectivity index (χ3n) is 12.8. The van der Waals surface area contributed by atoms with Crippen LogP contribution in [0, 0.1) is 24.3 Å². The summed E-state index contributed by atoms with van der Waals surface area (Å²) < 4.78 is 6.19. The Labute approximate surface area is 341 Å². The highest BCUT2D eigenvalue weighted by Gasteiger charge is 2.46. The number of aromatic nitrogens is 2. The fraction of sp³-hybridized carbons (Fsp3) is 0.476. The van der Waals surface area contributed by atoms with E-state index >= 15 is 0 Å². The summed E-state index contributed by atoms with van der Waals surface area (Å²) in [7, 11) is 0. The van der Waals surface area contributed by atoms with E-state index in [1.54, 1.807) is 36.4 Å². The monoisotopic (exact) mass is 805 g/mol. The number of nitrogens with one attached hydrogen (secondary N) is 1. The summed E-state index contributed by atoms with van der Waals surface area (Å²) in [6.45, 7) is 14.6. The topological polar surface area (TPSA) is 153 Å². The Morgan fingerprint density at radius 1 is 0.845 bits per heavy atom. The number of halogens is 1. The van der Waals surface area contributed by atoms with Gasteiger partial charge in [-0.25, -0.2) is 4.85 Å². The zero-order valence-electron chi connectivity index (χ0n) is 32.0. The number of ether oxygens (including phenoxy) is 1. The maximum Gasteiger partial charge on any atom is 0.274 e. The third-order valence-corrected chi connectivity index (χ3v) is 13.1. The van der Waals surface area contributed by atoms with E-state index in [0.29, 0.717) is 64.1 Å². The predicted octanol–water partition coefficient (Wildman–Crippen LogP) is 4.05. The summed E-state index contributed by atoms with van der Waals surface area (Å²) in [5.41, 5.74) is 2.25. The number of rotatable bonds is 8. The second kappa shape index (κ2) is 15.6. The second-order valence-corrected chi connectivity index (χ2v) is 16.7. The van der Waals surface area contributed by atoms with Crippen LogP contribution in [0.15, 0.2) is 48.5 Å². The molecule has 58 heavy (non-hydrogen) atoms. The van der Waals surface area contributed by atoms with Gasteiger partial charge in [-0.3, -0.25) is 39.1 Å². The van der Waals surface area contributed by atoms with Crippen molar-refractivity contribution < 1.29 is 28.7 Å². The molecule has 4 saturated heterocycles. The number of amides is 5. The van der Waals surface area contributed by atoms with Crippen molar-refractivity contribution in [3.63, 3.8) is 0 Å². The van der Waals surface area contributed by atoms with Crippen LogP contribution in [-0.4, -0.2) is 125 Å². The summed E-state index contributed by atoms with van der Waals surface area (Å²) in [5.74, 6) is 0.695. The van der Waals surface area contributed by atoms with Crippen molar-refractivity contribution in [3.8, 4) is 5.75 Å². The molecule has 1 N–H and O–H groups in total. The quantitative estimate of drug-likeness (QED) is 0.259. The first kappa shape index (κ1) is 38.0. The first-order valence-corrected chi connectivity index (χ1v) is 20.5. The van der Waals surface area contributed by atoms with Crippen molar-refractivity contribution in [2.75, 3.05) is 68.7 Å². The first-order valence-electron chi connectivity index (χ1n) is 20.2. The van der Waals surface area contributed by atoms with E-state index in [9.17, 15) is 24.0 Å². The molecule has 1 saturated carbocycles. The number of carbonyl (C=O) groups is 5. The molecule has 5 aliphatic heterocycles. The molecule has 1 aromatic heterocycles. The average Bonchev–Trinajstić information content (AvgIpc) is 3.88. The average molecular weight is 806 g/mol. The highest BCUT2D eigenvalue weighted by molar-refractivity contribution is 6.33. The van der Waals surface area contributed by atoms with Gasteiger partial charge in [0.25, 0.3) is 17.7 Å². The number of likely N-dealkylation sites (tertiary alicyclic amines) is 1. The van der Waals surface area contributed by atoms with Crippen LogP contribution in [0.5, 0.6) is 5.75 Å². The van der Waals surface area contributed by atoms with Crippen molar-refractivity contribution in [1.29, 1.82) is 0 Å². The standard InChI is InChI=1S/C42H44ClN9O6/c1-44-34-5-3-29(21-33(34)43)58-30-18-26-23-51(24-27(26)19-30)42(57)35-6-8-37(47-46-35)50-12-10-25(11-13-50)22-48-14-16-49(17-15-48)28-2-4-31-32(20-28)41(56)52(40(31)55)36-7-9-38(53)45-39(36)54/h2-6,8,20-21,25-27,30,36H,7,9-19,22-24H2,(H,45,53,54)/t26-,27+,30?,36?. The normalized spacial score (nSPS) is 25.2. The van der Waals surface area contributed by atoms with Crippen LogP contribution in [0.4, 0.5) is 17.2 Å². The van der Waals surface area contributed by atoms with E-state index < -0.39 is 29.7 Å². The van der Waals surface area contributed by atoms with Crippen molar-refractivity contribution in [1.82, 2.24) is 30.2 Å². The molecule has 9 rings (SSSR count). The van der Waals surface area contributed by atoms with Gasteiger partial charge in [-0.15, -0.1) is 10.2 Å². The van der Waals surface area contributed by atoms with Crippen molar-refractivity contribution in [2.24, 2.45) is 17.8 Å². The van der Waals surface area contributed by atoms with Gasteiger partial charge in [-0.05, 0) is 92.3 Å². The summed E-state index contributed by atoms with van der Waals surface area (Å²) in [6.07, 6.45) is 4.09. The van der Waals surface area contributed by atoms with Crippen LogP contribution >= 0.6 is 11.6 Å². The molecule has 5 amide bonds. The van der Waals surface area contributed by atoms with Gasteiger partial charge in [0.2, 0.25) is 17.5 Å². The van der Waals surface area contributed by atoms with E-state index in [0.717, 1.165) is 87.9 Å². The number of imide groups is 2. The van der Waals surface area contributed by atoms with Crippen LogP contribution < -0.4 is 19.9 Å². The van der Waals surface area contributed by atoms with Crippen LogP contribution in [-0.2, 0) is 9.59 Å². The number of benzene rings is 2. The molecule has 6 aliphatic rings. The van der Waals surface area contributed by atoms with Gasteiger partial charge in [0.1, 0.15) is 11.8 Å². The lowest BCUT2D eigenvalue weighted by Gasteiger charge is -2.39. The minimum atomic E-state index is -0.976. The summed E-state index contributed by atoms with van der Waals surface area (Å²) in [5, 5.41) is 11.5. The largest absolute Gasteiger partial charge is 0.490 e. The van der Waals surface area contributed by atoms with Crippen molar-refractivity contribution >= 4 is 58.3 Å². The van der Waals surface area contributed by atoms with Gasteiger partial charge in [0.05, 0.1) is 28.8 Å². The molecule has 15 nitrogen and oxygen atoms in total. The molecule has 0 bridgehead atoms. The molecule has 16 heteroatoms. The molecule has 0 spiro atoms. The fourth-order valence-corrected chi connectivity index (χ4v) is 9.89. The minimum Gasteiger partial charge on any atom is -0.490 e. The zero-order chi connectivity index (χ0) is 40.1. The minimum absolute atomic E-state index is 0.0599. The molecule has 2 unspecified atom stereocenters. The van der Waals surface area contributed by atoms with E-state index in [-0.39, 0.29) is 24.9 Å². The third kappa shape index (κ3) is 7.35. The summed E-state index contributed by atoms with van der Waals surface area (Å²) in [4.78, 5) is 77.2. The second-order valence-electron chi connectivity index (χ2n) is 16.3. The number of piperazine rings is 1. The number of hydrogen-bond acceptors (Lipinski definition) is 11. The van der Waals surface area contributed by atoms with Gasteiger partial charge in [0, 0.05) is 71.0 Å². The van der Waals surface area contributed by atoms with Crippen LogP contribution in [0.25, 0.3) is 4.85 Å². The maximum atomic E-state index is 13.4. The number of carbonyl (C=O) groups excluding carboxylic acids is 5. The van der Waals surface area contributed by atoms with Gasteiger partial charge in [0.15, 0.2) is 11.5 Å². The molecule has 300 valence electrons. The Kier molecular flexibility index (Phi) is 10.2. The number of nitrogens with zero attached hydrogens (tertiary/aromatic N) is 8. The van der Waals surface area contributed by atoms with Crippen LogP contribution in [0.2, 0.25) is 5.02 Å². The number of piperidine rings is 2. The molecule has 3 aromatic rings. The van der Waals surface area contributed by atoms with Crippen LogP contribution in [0.1, 0.15) is 69.7 Å². The maximum absolute atomic E-state index is 13.4. The summed E-state index contributed by atoms with van der Waals surface area (Å²) >= 11 is 6.19. The Morgan fingerprint density at radius 3 is 2.26 bits per heavy atom.